The van der Waals surface area contributed by atoms with Crippen molar-refractivity contribution < 1.29 is 0 Å². The van der Waals surface area contributed by atoms with Gasteiger partial charge in [0.2, 0.25) is 0 Å². The molecular formula is C7H12N4S. The summed E-state index contributed by atoms with van der Waals surface area (Å²) in [6.07, 6.45) is 1.92. The van der Waals surface area contributed by atoms with Crippen molar-refractivity contribution in [2.75, 3.05) is 31.0 Å². The van der Waals surface area contributed by atoms with Crippen LogP contribution < -0.4 is 10.6 Å². The van der Waals surface area contributed by atoms with Crippen molar-refractivity contribution in [3.05, 3.63) is 6.07 Å². The van der Waals surface area contributed by atoms with E-state index in [0.717, 1.165) is 5.82 Å². The van der Waals surface area contributed by atoms with Crippen molar-refractivity contribution in [2.24, 2.45) is 0 Å². The smallest absolute Gasteiger partial charge is 0.191 e. The zero-order valence-corrected chi connectivity index (χ0v) is 8.22. The molecule has 1 rings (SSSR count). The Balaban J connectivity index is 3.06. The van der Waals surface area contributed by atoms with Crippen LogP contribution in [0.2, 0.25) is 0 Å². The summed E-state index contributed by atoms with van der Waals surface area (Å²) in [7, 11) is 3.84. The van der Waals surface area contributed by atoms with E-state index in [-0.39, 0.29) is 0 Å². The van der Waals surface area contributed by atoms with Crippen LogP contribution in [-0.2, 0) is 0 Å². The third kappa shape index (κ3) is 2.01. The number of hydrogen-bond donors (Lipinski definition) is 1. The first kappa shape index (κ1) is 9.12. The first-order valence-corrected chi connectivity index (χ1v) is 4.72. The fourth-order valence-corrected chi connectivity index (χ4v) is 1.13. The monoisotopic (exact) mass is 184 g/mol. The molecule has 0 radical (unpaired) electrons. The van der Waals surface area contributed by atoms with Crippen LogP contribution in [0.15, 0.2) is 11.2 Å². The summed E-state index contributed by atoms with van der Waals surface area (Å²) < 4.78 is 0. The van der Waals surface area contributed by atoms with Gasteiger partial charge in [0.15, 0.2) is 5.16 Å². The van der Waals surface area contributed by atoms with Crippen LogP contribution in [0.1, 0.15) is 0 Å². The Morgan fingerprint density at radius 2 is 2.08 bits per heavy atom. The molecule has 0 aromatic carbocycles. The third-order valence-corrected chi connectivity index (χ3v) is 1.90. The summed E-state index contributed by atoms with van der Waals surface area (Å²) in [5, 5.41) is 0.707. The Morgan fingerprint density at radius 1 is 1.42 bits per heavy atom. The van der Waals surface area contributed by atoms with E-state index in [9.17, 15) is 0 Å². The Labute approximate surface area is 76.2 Å². The summed E-state index contributed by atoms with van der Waals surface area (Å²) in [6, 6.07) is 1.75. The van der Waals surface area contributed by atoms with Crippen molar-refractivity contribution in [1.82, 2.24) is 9.97 Å². The summed E-state index contributed by atoms with van der Waals surface area (Å²) in [4.78, 5) is 10.2. The molecule has 0 spiro atoms. The van der Waals surface area contributed by atoms with E-state index >= 15 is 0 Å². The standard InChI is InChI=1S/C7H12N4S/c1-11(2)6-4-5(8)9-7(10-6)12-3/h4H,1-3H3,(H2,8,9,10). The van der Waals surface area contributed by atoms with Gasteiger partial charge in [-0.3, -0.25) is 0 Å². The molecule has 0 unspecified atom stereocenters. The fraction of sp³-hybridized carbons (Fsp3) is 0.429. The second kappa shape index (κ2) is 3.62. The van der Waals surface area contributed by atoms with E-state index in [1.54, 1.807) is 6.07 Å². The Kier molecular flexibility index (Phi) is 2.75. The lowest BCUT2D eigenvalue weighted by Gasteiger charge is -2.11. The SMILES string of the molecule is CSc1nc(N)cc(N(C)C)n1. The van der Waals surface area contributed by atoms with Crippen molar-refractivity contribution in [3.8, 4) is 0 Å². The van der Waals surface area contributed by atoms with Gasteiger partial charge in [-0.15, -0.1) is 0 Å². The molecule has 0 aliphatic carbocycles. The molecule has 0 atom stereocenters. The van der Waals surface area contributed by atoms with E-state index in [1.807, 2.05) is 25.3 Å². The molecule has 0 aliphatic heterocycles. The minimum atomic E-state index is 0.512. The molecule has 66 valence electrons. The fourth-order valence-electron chi connectivity index (χ4n) is 0.751. The zero-order valence-electron chi connectivity index (χ0n) is 7.40. The minimum absolute atomic E-state index is 0.512. The second-order valence-corrected chi connectivity index (χ2v) is 3.31. The molecule has 0 fully saturated rings. The van der Waals surface area contributed by atoms with Crippen LogP contribution in [0, 0.1) is 0 Å². The minimum Gasteiger partial charge on any atom is -0.383 e. The highest BCUT2D eigenvalue weighted by Crippen LogP contribution is 2.16. The Bertz CT molecular complexity index is 274. The van der Waals surface area contributed by atoms with Crippen LogP contribution in [0.5, 0.6) is 0 Å². The number of anilines is 2. The maximum Gasteiger partial charge on any atom is 0.191 e. The number of rotatable bonds is 2. The molecule has 0 saturated heterocycles. The molecule has 0 aliphatic rings. The second-order valence-electron chi connectivity index (χ2n) is 2.53. The van der Waals surface area contributed by atoms with Crippen molar-refractivity contribution in [1.29, 1.82) is 0 Å². The summed E-state index contributed by atoms with van der Waals surface area (Å²) >= 11 is 1.49. The number of aromatic nitrogens is 2. The molecule has 1 aromatic heterocycles. The normalized spacial score (nSPS) is 9.92. The van der Waals surface area contributed by atoms with E-state index in [2.05, 4.69) is 9.97 Å². The van der Waals surface area contributed by atoms with E-state index in [1.165, 1.54) is 11.8 Å². The van der Waals surface area contributed by atoms with Gasteiger partial charge in [-0.05, 0) is 6.26 Å². The maximum absolute atomic E-state index is 5.58. The van der Waals surface area contributed by atoms with Gasteiger partial charge >= 0.3 is 0 Å². The van der Waals surface area contributed by atoms with Gasteiger partial charge in [0.05, 0.1) is 0 Å². The molecule has 5 heteroatoms. The highest BCUT2D eigenvalue weighted by molar-refractivity contribution is 7.98. The predicted molar refractivity (Wildman–Crippen MR) is 52.6 cm³/mol. The topological polar surface area (TPSA) is 55.0 Å². The maximum atomic E-state index is 5.58. The van der Waals surface area contributed by atoms with Gasteiger partial charge in [0.25, 0.3) is 0 Å². The zero-order chi connectivity index (χ0) is 9.14. The average molecular weight is 184 g/mol. The lowest BCUT2D eigenvalue weighted by Crippen LogP contribution is -2.12. The molecule has 0 amide bonds. The van der Waals surface area contributed by atoms with Crippen molar-refractivity contribution >= 4 is 23.4 Å². The van der Waals surface area contributed by atoms with E-state index in [0.29, 0.717) is 11.0 Å². The summed E-state index contributed by atoms with van der Waals surface area (Å²) in [5.74, 6) is 1.35. The predicted octanol–water partition coefficient (Wildman–Crippen LogP) is 0.847. The third-order valence-electron chi connectivity index (χ3n) is 1.35. The highest BCUT2D eigenvalue weighted by atomic mass is 32.2. The lowest BCUT2D eigenvalue weighted by molar-refractivity contribution is 0.937. The van der Waals surface area contributed by atoms with Gasteiger partial charge in [0, 0.05) is 20.2 Å². The van der Waals surface area contributed by atoms with Crippen LogP contribution in [0.4, 0.5) is 11.6 Å². The molecule has 0 saturated carbocycles. The Hall–Kier alpha value is -0.970. The molecule has 0 bridgehead atoms. The molecular weight excluding hydrogens is 172 g/mol. The first-order valence-electron chi connectivity index (χ1n) is 3.49. The van der Waals surface area contributed by atoms with Crippen LogP contribution in [0.3, 0.4) is 0 Å². The van der Waals surface area contributed by atoms with Gasteiger partial charge in [0.1, 0.15) is 11.6 Å². The van der Waals surface area contributed by atoms with Crippen LogP contribution >= 0.6 is 11.8 Å². The van der Waals surface area contributed by atoms with Crippen molar-refractivity contribution in [2.45, 2.75) is 5.16 Å². The molecule has 12 heavy (non-hydrogen) atoms. The highest BCUT2D eigenvalue weighted by Gasteiger charge is 2.02. The van der Waals surface area contributed by atoms with Crippen molar-refractivity contribution in [3.63, 3.8) is 0 Å². The number of nitrogen functional groups attached to an aromatic ring is 1. The van der Waals surface area contributed by atoms with E-state index in [4.69, 9.17) is 5.73 Å². The van der Waals surface area contributed by atoms with Gasteiger partial charge in [-0.25, -0.2) is 9.97 Å². The van der Waals surface area contributed by atoms with Gasteiger partial charge < -0.3 is 10.6 Å². The molecule has 2 N–H and O–H groups in total. The average Bonchev–Trinajstić information content (AvgIpc) is 2.03. The molecule has 1 aromatic rings. The van der Waals surface area contributed by atoms with Crippen LogP contribution in [0.25, 0.3) is 0 Å². The summed E-state index contributed by atoms with van der Waals surface area (Å²) in [5.41, 5.74) is 5.58. The number of nitrogens with zero attached hydrogens (tertiary/aromatic N) is 3. The Morgan fingerprint density at radius 3 is 2.58 bits per heavy atom. The first-order chi connectivity index (χ1) is 5.63. The lowest BCUT2D eigenvalue weighted by atomic mass is 10.5. The molecule has 1 heterocycles. The summed E-state index contributed by atoms with van der Waals surface area (Å²) in [6.45, 7) is 0. The van der Waals surface area contributed by atoms with Crippen LogP contribution in [-0.4, -0.2) is 30.3 Å². The number of nitrogens with two attached hydrogens (primary N) is 1. The molecule has 4 nitrogen and oxygen atoms in total. The number of thioether (sulfide) groups is 1. The number of hydrogen-bond acceptors (Lipinski definition) is 5. The largest absolute Gasteiger partial charge is 0.383 e. The van der Waals surface area contributed by atoms with Gasteiger partial charge in [-0.2, -0.15) is 0 Å². The van der Waals surface area contributed by atoms with E-state index < -0.39 is 0 Å². The van der Waals surface area contributed by atoms with Gasteiger partial charge in [-0.1, -0.05) is 11.8 Å². The quantitative estimate of drug-likeness (QED) is 0.545.